The summed E-state index contributed by atoms with van der Waals surface area (Å²) in [5, 5.41) is 3.37. The van der Waals surface area contributed by atoms with Gasteiger partial charge in [-0.1, -0.05) is 11.8 Å². The molecule has 1 aromatic heterocycles. The molecule has 1 N–H and O–H groups in total. The van der Waals surface area contributed by atoms with E-state index >= 15 is 0 Å². The Kier molecular flexibility index (Phi) is 4.44. The Balaban J connectivity index is 1.41. The van der Waals surface area contributed by atoms with Gasteiger partial charge in [-0.3, -0.25) is 4.79 Å². The Labute approximate surface area is 153 Å². The predicted molar refractivity (Wildman–Crippen MR) is 101 cm³/mol. The zero-order valence-electron chi connectivity index (χ0n) is 14.9. The molecule has 4 aliphatic carbocycles. The lowest BCUT2D eigenvalue weighted by Crippen LogP contribution is -2.56. The fourth-order valence-electron chi connectivity index (χ4n) is 5.95. The molecule has 5 heteroatoms. The van der Waals surface area contributed by atoms with Crippen LogP contribution < -0.4 is 5.32 Å². The van der Waals surface area contributed by atoms with Gasteiger partial charge >= 0.3 is 0 Å². The fourth-order valence-corrected chi connectivity index (χ4v) is 7.61. The van der Waals surface area contributed by atoms with Crippen molar-refractivity contribution in [3.05, 3.63) is 10.6 Å². The van der Waals surface area contributed by atoms with Crippen LogP contribution in [0, 0.1) is 30.1 Å². The summed E-state index contributed by atoms with van der Waals surface area (Å²) in [6.07, 6.45) is 10.9. The first-order valence-electron chi connectivity index (χ1n) is 9.27. The number of thioether (sulfide) groups is 1. The Morgan fingerprint density at radius 3 is 2.38 bits per heavy atom. The third kappa shape index (κ3) is 3.03. The number of thiazole rings is 1. The maximum atomic E-state index is 12.6. The van der Waals surface area contributed by atoms with Crippen LogP contribution >= 0.6 is 23.1 Å². The molecular formula is C19H28N2OS2. The Morgan fingerprint density at radius 1 is 1.29 bits per heavy atom. The molecule has 0 radical (unpaired) electrons. The van der Waals surface area contributed by atoms with Crippen molar-refractivity contribution in [3.63, 3.8) is 0 Å². The highest BCUT2D eigenvalue weighted by Gasteiger charge is 2.53. The molecule has 132 valence electrons. The summed E-state index contributed by atoms with van der Waals surface area (Å²) >= 11 is 3.32. The molecule has 0 aliphatic heterocycles. The number of aryl methyl sites for hydroxylation is 1. The monoisotopic (exact) mass is 364 g/mol. The summed E-state index contributed by atoms with van der Waals surface area (Å²) in [4.78, 5) is 18.3. The van der Waals surface area contributed by atoms with E-state index in [-0.39, 0.29) is 5.91 Å². The highest BCUT2D eigenvalue weighted by Crippen LogP contribution is 2.61. The van der Waals surface area contributed by atoms with Crippen LogP contribution in [0.5, 0.6) is 0 Å². The van der Waals surface area contributed by atoms with Gasteiger partial charge in [-0.05, 0) is 81.8 Å². The van der Waals surface area contributed by atoms with E-state index in [1.807, 2.05) is 13.2 Å². The van der Waals surface area contributed by atoms with Gasteiger partial charge in [-0.15, -0.1) is 11.3 Å². The number of amides is 1. The minimum atomic E-state index is 0.178. The minimum Gasteiger partial charge on any atom is -0.353 e. The maximum Gasteiger partial charge on any atom is 0.225 e. The molecule has 4 saturated carbocycles. The summed E-state index contributed by atoms with van der Waals surface area (Å²) in [6.45, 7) is 4.28. The Hall–Kier alpha value is -0.550. The second-order valence-electron chi connectivity index (χ2n) is 8.44. The molecule has 24 heavy (non-hydrogen) atoms. The molecule has 1 heterocycles. The van der Waals surface area contributed by atoms with Crippen molar-refractivity contribution >= 4 is 29.0 Å². The average molecular weight is 365 g/mol. The third-order valence-electron chi connectivity index (χ3n) is 6.75. The molecule has 1 amide bonds. The topological polar surface area (TPSA) is 42.0 Å². The molecule has 0 saturated heterocycles. The molecular weight excluding hydrogens is 336 g/mol. The van der Waals surface area contributed by atoms with Crippen LogP contribution in [0.15, 0.2) is 4.34 Å². The summed E-state index contributed by atoms with van der Waals surface area (Å²) in [5.41, 5.74) is 1.40. The lowest BCUT2D eigenvalue weighted by molar-refractivity contribution is -0.125. The van der Waals surface area contributed by atoms with Crippen LogP contribution in [0.3, 0.4) is 0 Å². The summed E-state index contributed by atoms with van der Waals surface area (Å²) in [7, 11) is 0. The van der Waals surface area contributed by atoms with E-state index < -0.39 is 0 Å². The number of carbonyl (C=O) groups excluding carboxylic acids is 1. The number of aromatic nitrogens is 1. The highest BCUT2D eigenvalue weighted by atomic mass is 32.2. The molecule has 0 spiro atoms. The van der Waals surface area contributed by atoms with Crippen LogP contribution in [0.4, 0.5) is 0 Å². The lowest BCUT2D eigenvalue weighted by atomic mass is 9.48. The molecule has 5 rings (SSSR count). The van der Waals surface area contributed by atoms with Crippen LogP contribution in [0.1, 0.15) is 56.0 Å². The van der Waals surface area contributed by atoms with Gasteiger partial charge in [-0.25, -0.2) is 4.98 Å². The number of nitrogens with one attached hydrogen (secondary N) is 1. The van der Waals surface area contributed by atoms with Crippen LogP contribution in [0.25, 0.3) is 0 Å². The lowest BCUT2D eigenvalue weighted by Gasteiger charge is -2.59. The van der Waals surface area contributed by atoms with Crippen LogP contribution in [0.2, 0.25) is 0 Å². The van der Waals surface area contributed by atoms with Crippen molar-refractivity contribution in [1.29, 1.82) is 0 Å². The van der Waals surface area contributed by atoms with Crippen molar-refractivity contribution in [3.8, 4) is 0 Å². The number of hydrogen-bond acceptors (Lipinski definition) is 4. The van der Waals surface area contributed by atoms with E-state index in [2.05, 4.69) is 17.2 Å². The van der Waals surface area contributed by atoms with Crippen molar-refractivity contribution in [2.45, 2.75) is 69.2 Å². The summed E-state index contributed by atoms with van der Waals surface area (Å²) < 4.78 is 1.06. The summed E-state index contributed by atoms with van der Waals surface area (Å²) in [5.74, 6) is 2.98. The van der Waals surface area contributed by atoms with E-state index in [0.717, 1.165) is 32.7 Å². The zero-order valence-corrected chi connectivity index (χ0v) is 16.6. The second kappa shape index (κ2) is 6.31. The van der Waals surface area contributed by atoms with E-state index in [1.54, 1.807) is 23.1 Å². The Bertz CT molecular complexity index is 604. The van der Waals surface area contributed by atoms with Gasteiger partial charge in [0.25, 0.3) is 0 Å². The highest BCUT2D eigenvalue weighted by molar-refractivity contribution is 8.00. The van der Waals surface area contributed by atoms with Gasteiger partial charge in [0.1, 0.15) is 4.34 Å². The van der Waals surface area contributed by atoms with E-state index in [1.165, 1.54) is 38.5 Å². The number of rotatable bonds is 5. The molecule has 3 nitrogen and oxygen atoms in total. The van der Waals surface area contributed by atoms with E-state index in [4.69, 9.17) is 0 Å². The molecule has 4 aliphatic rings. The van der Waals surface area contributed by atoms with Gasteiger partial charge in [0.15, 0.2) is 0 Å². The first kappa shape index (κ1) is 16.9. The normalized spacial score (nSPS) is 35.2. The van der Waals surface area contributed by atoms with Gasteiger partial charge in [0.2, 0.25) is 5.91 Å². The fraction of sp³-hybridized carbons (Fsp3) is 0.789. The molecule has 0 aromatic carbocycles. The second-order valence-corrected chi connectivity index (χ2v) is 10.6. The van der Waals surface area contributed by atoms with Gasteiger partial charge in [0.05, 0.1) is 12.1 Å². The average Bonchev–Trinajstić information content (AvgIpc) is 2.86. The van der Waals surface area contributed by atoms with Gasteiger partial charge in [-0.2, -0.15) is 0 Å². The van der Waals surface area contributed by atoms with Gasteiger partial charge in [0, 0.05) is 10.9 Å². The van der Waals surface area contributed by atoms with Crippen molar-refractivity contribution in [2.75, 3.05) is 6.26 Å². The van der Waals surface area contributed by atoms with Crippen LogP contribution in [-0.2, 0) is 11.2 Å². The minimum absolute atomic E-state index is 0.178. The first-order valence-corrected chi connectivity index (χ1v) is 11.3. The quantitative estimate of drug-likeness (QED) is 0.786. The molecule has 1 unspecified atom stereocenters. The number of carbonyl (C=O) groups is 1. The standard InChI is InChI=1S/C19H28N2OS2/c1-11-16(24-18(20-11)23-3)7-17(22)21-12(2)19-8-13-4-14(9-19)6-15(5-13)10-19/h12-15H,4-10H2,1-3H3,(H,21,22). The first-order chi connectivity index (χ1) is 11.5. The maximum absolute atomic E-state index is 12.6. The smallest absolute Gasteiger partial charge is 0.225 e. The SMILES string of the molecule is CSc1nc(C)c(CC(=O)NC(C)C23CC4CC(CC(C4)C2)C3)s1. The van der Waals surface area contributed by atoms with Crippen molar-refractivity contribution < 1.29 is 4.79 Å². The molecule has 1 atom stereocenters. The van der Waals surface area contributed by atoms with E-state index in [0.29, 0.717) is 17.9 Å². The number of nitrogens with zero attached hydrogens (tertiary/aromatic N) is 1. The summed E-state index contributed by atoms with van der Waals surface area (Å²) in [6, 6.07) is 0.312. The Morgan fingerprint density at radius 2 is 1.88 bits per heavy atom. The molecule has 4 bridgehead atoms. The predicted octanol–water partition coefficient (Wildman–Crippen LogP) is 4.44. The molecule has 4 fully saturated rings. The largest absolute Gasteiger partial charge is 0.353 e. The number of hydrogen-bond donors (Lipinski definition) is 1. The van der Waals surface area contributed by atoms with Crippen molar-refractivity contribution in [1.82, 2.24) is 10.3 Å². The van der Waals surface area contributed by atoms with Crippen LogP contribution in [-0.4, -0.2) is 23.2 Å². The van der Waals surface area contributed by atoms with E-state index in [9.17, 15) is 4.79 Å². The van der Waals surface area contributed by atoms with Gasteiger partial charge < -0.3 is 5.32 Å². The molecule has 1 aromatic rings. The third-order valence-corrected chi connectivity index (χ3v) is 8.89. The zero-order chi connectivity index (χ0) is 16.9. The van der Waals surface area contributed by atoms with Crippen molar-refractivity contribution in [2.24, 2.45) is 23.2 Å².